The number of aliphatic hydroxyl groups excluding tert-OH is 1. The molecule has 3 atom stereocenters. The van der Waals surface area contributed by atoms with Gasteiger partial charge in [0, 0.05) is 35.1 Å². The molecule has 4 heteroatoms. The quantitative estimate of drug-likeness (QED) is 0.476. The second-order valence-corrected chi connectivity index (χ2v) is 9.11. The van der Waals surface area contributed by atoms with E-state index in [-0.39, 0.29) is 23.0 Å². The Morgan fingerprint density at radius 1 is 1.13 bits per heavy atom. The topological polar surface area (TPSA) is 55.1 Å². The van der Waals surface area contributed by atoms with Gasteiger partial charge in [-0.05, 0) is 37.2 Å². The van der Waals surface area contributed by atoms with E-state index in [1.54, 1.807) is 0 Å². The number of Topliss-reactive ketones (excluding diaryl/α,β-unsaturated/α-hetero) is 1. The first-order valence-corrected chi connectivity index (χ1v) is 11.1. The molecule has 1 fully saturated rings. The van der Waals surface area contributed by atoms with Crippen LogP contribution in [-0.2, 0) is 30.1 Å². The first kappa shape index (κ1) is 19.8. The summed E-state index contributed by atoms with van der Waals surface area (Å²) in [5, 5.41) is 15.0. The van der Waals surface area contributed by atoms with Crippen LogP contribution >= 0.6 is 0 Å². The number of aromatic nitrogens is 2. The van der Waals surface area contributed by atoms with Crippen molar-refractivity contribution in [3.05, 3.63) is 89.3 Å². The lowest BCUT2D eigenvalue weighted by Gasteiger charge is -2.49. The predicted octanol–water partition coefficient (Wildman–Crippen LogP) is 5.18. The third-order valence-electron chi connectivity index (χ3n) is 7.44. The molecule has 5 rings (SSSR count). The van der Waals surface area contributed by atoms with Crippen molar-refractivity contribution >= 4 is 5.78 Å². The molecule has 158 valence electrons. The van der Waals surface area contributed by atoms with Gasteiger partial charge in [-0.1, -0.05) is 67.6 Å². The molecule has 0 radical (unpaired) electrons. The standard InChI is InChI=1S/C27H28N2O2/c1-18-23-14-13-22-24(20-11-7-4-8-12-20)29(2)28-26(22)27(23,16-21(17-30)25(18)31)15-19-9-5-3-6-10-19/h3-12,17-18,23,30H,13-16H2,1-2H3/b21-17-. The third-order valence-corrected chi connectivity index (χ3v) is 7.44. The average Bonchev–Trinajstić information content (AvgIpc) is 3.14. The fourth-order valence-electron chi connectivity index (χ4n) is 6.11. The van der Waals surface area contributed by atoms with Crippen molar-refractivity contribution < 1.29 is 9.90 Å². The minimum absolute atomic E-state index is 0.0823. The largest absolute Gasteiger partial charge is 0.515 e. The summed E-state index contributed by atoms with van der Waals surface area (Å²) in [7, 11) is 2.02. The van der Waals surface area contributed by atoms with Gasteiger partial charge in [-0.15, -0.1) is 0 Å². The number of ketones is 1. The van der Waals surface area contributed by atoms with Gasteiger partial charge in [0.25, 0.3) is 0 Å². The average molecular weight is 413 g/mol. The number of carbonyl (C=O) groups excluding carboxylic acids is 1. The zero-order valence-corrected chi connectivity index (χ0v) is 18.1. The van der Waals surface area contributed by atoms with E-state index in [9.17, 15) is 9.90 Å². The molecular weight excluding hydrogens is 384 g/mol. The summed E-state index contributed by atoms with van der Waals surface area (Å²) in [5.74, 6) is 0.153. The number of rotatable bonds is 3. The smallest absolute Gasteiger partial charge is 0.165 e. The lowest BCUT2D eigenvalue weighted by atomic mass is 9.52. The number of hydrogen-bond acceptors (Lipinski definition) is 3. The van der Waals surface area contributed by atoms with Gasteiger partial charge in [-0.3, -0.25) is 9.48 Å². The molecule has 2 aliphatic rings. The SMILES string of the molecule is CC1C(=O)/C(=C\O)CC2(Cc3ccccc3)c3nn(C)c(-c4ccccc4)c3CCC12. The normalized spacial score (nSPS) is 26.5. The van der Waals surface area contributed by atoms with Crippen LogP contribution in [0, 0.1) is 11.8 Å². The Morgan fingerprint density at radius 2 is 1.81 bits per heavy atom. The van der Waals surface area contributed by atoms with Gasteiger partial charge >= 0.3 is 0 Å². The van der Waals surface area contributed by atoms with Crippen LogP contribution in [0.5, 0.6) is 0 Å². The summed E-state index contributed by atoms with van der Waals surface area (Å²) in [4.78, 5) is 13.0. The zero-order chi connectivity index (χ0) is 21.6. The molecule has 0 saturated heterocycles. The van der Waals surface area contributed by atoms with Crippen LogP contribution in [0.2, 0.25) is 0 Å². The first-order chi connectivity index (χ1) is 15.0. The lowest BCUT2D eigenvalue weighted by molar-refractivity contribution is -0.124. The fraction of sp³-hybridized carbons (Fsp3) is 0.333. The maximum absolute atomic E-state index is 13.0. The fourth-order valence-corrected chi connectivity index (χ4v) is 6.11. The van der Waals surface area contributed by atoms with Crippen molar-refractivity contribution in [1.29, 1.82) is 0 Å². The minimum atomic E-state index is -0.304. The van der Waals surface area contributed by atoms with Crippen molar-refractivity contribution in [2.45, 2.75) is 38.0 Å². The molecule has 0 amide bonds. The Morgan fingerprint density at radius 3 is 2.48 bits per heavy atom. The Kier molecular flexibility index (Phi) is 4.81. The Hall–Kier alpha value is -3.14. The molecule has 1 N–H and O–H groups in total. The molecule has 0 bridgehead atoms. The van der Waals surface area contributed by atoms with Crippen LogP contribution in [0.1, 0.15) is 36.6 Å². The second-order valence-electron chi connectivity index (χ2n) is 9.11. The molecule has 1 saturated carbocycles. The first-order valence-electron chi connectivity index (χ1n) is 11.1. The van der Waals surface area contributed by atoms with E-state index in [1.807, 2.05) is 30.8 Å². The third kappa shape index (κ3) is 3.04. The maximum Gasteiger partial charge on any atom is 0.165 e. The van der Waals surface area contributed by atoms with Gasteiger partial charge in [0.2, 0.25) is 0 Å². The minimum Gasteiger partial charge on any atom is -0.515 e. The molecule has 3 aromatic rings. The highest BCUT2D eigenvalue weighted by Crippen LogP contribution is 2.55. The van der Waals surface area contributed by atoms with E-state index in [4.69, 9.17) is 5.10 Å². The van der Waals surface area contributed by atoms with Crippen molar-refractivity contribution in [2.24, 2.45) is 18.9 Å². The van der Waals surface area contributed by atoms with Gasteiger partial charge in [-0.2, -0.15) is 5.10 Å². The van der Waals surface area contributed by atoms with Gasteiger partial charge in [0.1, 0.15) is 0 Å². The molecule has 31 heavy (non-hydrogen) atoms. The molecule has 4 nitrogen and oxygen atoms in total. The summed E-state index contributed by atoms with van der Waals surface area (Å²) < 4.78 is 2.01. The molecular formula is C27H28N2O2. The summed E-state index contributed by atoms with van der Waals surface area (Å²) in [6.45, 7) is 2.03. The second kappa shape index (κ2) is 7.52. The van der Waals surface area contributed by atoms with Crippen LogP contribution in [0.3, 0.4) is 0 Å². The molecule has 0 aliphatic heterocycles. The molecule has 0 spiro atoms. The number of carbonyl (C=O) groups is 1. The summed E-state index contributed by atoms with van der Waals surface area (Å²) in [5.41, 5.74) is 6.20. The highest BCUT2D eigenvalue weighted by atomic mass is 16.2. The van der Waals surface area contributed by atoms with E-state index in [1.165, 1.54) is 22.4 Å². The van der Waals surface area contributed by atoms with E-state index in [0.29, 0.717) is 12.0 Å². The summed E-state index contributed by atoms with van der Waals surface area (Å²) in [6.07, 6.45) is 4.26. The van der Waals surface area contributed by atoms with E-state index < -0.39 is 0 Å². The van der Waals surface area contributed by atoms with Crippen molar-refractivity contribution in [2.75, 3.05) is 0 Å². The molecule has 2 aliphatic carbocycles. The van der Waals surface area contributed by atoms with E-state index >= 15 is 0 Å². The van der Waals surface area contributed by atoms with Crippen LogP contribution in [0.15, 0.2) is 72.5 Å². The zero-order valence-electron chi connectivity index (χ0n) is 18.1. The van der Waals surface area contributed by atoms with Crippen molar-refractivity contribution in [3.63, 3.8) is 0 Å². The highest BCUT2D eigenvalue weighted by molar-refractivity contribution is 5.98. The maximum atomic E-state index is 13.0. The van der Waals surface area contributed by atoms with Crippen molar-refractivity contribution in [1.82, 2.24) is 9.78 Å². The highest BCUT2D eigenvalue weighted by Gasteiger charge is 2.54. The van der Waals surface area contributed by atoms with E-state index in [2.05, 4.69) is 48.5 Å². The summed E-state index contributed by atoms with van der Waals surface area (Å²) in [6, 6.07) is 20.9. The van der Waals surface area contributed by atoms with Gasteiger partial charge in [0.05, 0.1) is 17.6 Å². The number of benzene rings is 2. The number of nitrogens with zero attached hydrogens (tertiary/aromatic N) is 2. The molecule has 3 unspecified atom stereocenters. The number of allylic oxidation sites excluding steroid dienone is 1. The van der Waals surface area contributed by atoms with Crippen LogP contribution in [0.25, 0.3) is 11.3 Å². The Balaban J connectivity index is 1.73. The van der Waals surface area contributed by atoms with Crippen LogP contribution in [-0.4, -0.2) is 20.7 Å². The molecule has 1 aromatic heterocycles. The number of aliphatic hydroxyl groups is 1. The van der Waals surface area contributed by atoms with Crippen LogP contribution in [0.4, 0.5) is 0 Å². The van der Waals surface area contributed by atoms with Gasteiger partial charge < -0.3 is 5.11 Å². The summed E-state index contributed by atoms with van der Waals surface area (Å²) >= 11 is 0. The lowest BCUT2D eigenvalue weighted by Crippen LogP contribution is -2.51. The number of aryl methyl sites for hydroxylation is 1. The number of fused-ring (bicyclic) bond motifs is 3. The van der Waals surface area contributed by atoms with Crippen LogP contribution < -0.4 is 0 Å². The molecule has 1 heterocycles. The van der Waals surface area contributed by atoms with E-state index in [0.717, 1.165) is 31.2 Å². The Bertz CT molecular complexity index is 1150. The molecule has 2 aromatic carbocycles. The number of hydrogen-bond donors (Lipinski definition) is 1. The predicted molar refractivity (Wildman–Crippen MR) is 122 cm³/mol. The monoisotopic (exact) mass is 412 g/mol. The van der Waals surface area contributed by atoms with Crippen molar-refractivity contribution in [3.8, 4) is 11.3 Å². The van der Waals surface area contributed by atoms with Gasteiger partial charge in [0.15, 0.2) is 5.78 Å². The Labute approximate surface area is 183 Å². The van der Waals surface area contributed by atoms with Gasteiger partial charge in [-0.25, -0.2) is 0 Å².